The molecule has 0 bridgehead atoms. The van der Waals surface area contributed by atoms with E-state index in [1.165, 1.54) is 0 Å². The summed E-state index contributed by atoms with van der Waals surface area (Å²) in [5.74, 6) is 0.360. The highest BCUT2D eigenvalue weighted by Gasteiger charge is 2.27. The summed E-state index contributed by atoms with van der Waals surface area (Å²) >= 11 is 0. The third kappa shape index (κ3) is 3.27. The first-order chi connectivity index (χ1) is 6.17. The van der Waals surface area contributed by atoms with E-state index in [1.54, 1.807) is 0 Å². The van der Waals surface area contributed by atoms with E-state index >= 15 is 0 Å². The second-order valence-corrected chi connectivity index (χ2v) is 6.13. The van der Waals surface area contributed by atoms with Crippen LogP contribution in [-0.2, 0) is 9.84 Å². The van der Waals surface area contributed by atoms with Gasteiger partial charge in [0.2, 0.25) is 0 Å². The summed E-state index contributed by atoms with van der Waals surface area (Å²) in [6, 6.07) is 0. The van der Waals surface area contributed by atoms with Crippen molar-refractivity contribution in [3.63, 3.8) is 0 Å². The van der Waals surface area contributed by atoms with E-state index in [9.17, 15) is 8.42 Å². The molecule has 1 saturated carbocycles. The Bertz CT molecular complexity index is 230. The highest BCUT2D eigenvalue weighted by atomic mass is 32.2. The van der Waals surface area contributed by atoms with Gasteiger partial charge in [-0.1, -0.05) is 12.8 Å². The van der Waals surface area contributed by atoms with E-state index in [-0.39, 0.29) is 5.25 Å². The molecular formula is C9H19NO2S. The Hall–Kier alpha value is -0.0900. The van der Waals surface area contributed by atoms with Crippen LogP contribution in [0.25, 0.3) is 0 Å². The molecule has 0 radical (unpaired) electrons. The molecule has 0 aromatic heterocycles. The molecule has 13 heavy (non-hydrogen) atoms. The summed E-state index contributed by atoms with van der Waals surface area (Å²) in [6.07, 6.45) is 4.71. The fraction of sp³-hybridized carbons (Fsp3) is 1.00. The molecule has 78 valence electrons. The van der Waals surface area contributed by atoms with Crippen LogP contribution in [0.15, 0.2) is 0 Å². The molecule has 4 heteroatoms. The van der Waals surface area contributed by atoms with Crippen LogP contribution >= 0.6 is 0 Å². The van der Waals surface area contributed by atoms with E-state index in [0.717, 1.165) is 38.6 Å². The number of hydrogen-bond acceptors (Lipinski definition) is 3. The Morgan fingerprint density at radius 1 is 1.31 bits per heavy atom. The Kier molecular flexibility index (Phi) is 4.19. The average molecular weight is 205 g/mol. The Morgan fingerprint density at radius 3 is 2.46 bits per heavy atom. The largest absolute Gasteiger partial charge is 0.320 e. The number of nitrogens with one attached hydrogen (secondary N) is 1. The molecule has 0 aliphatic heterocycles. The van der Waals surface area contributed by atoms with Crippen LogP contribution in [0.3, 0.4) is 0 Å². The molecular weight excluding hydrogens is 186 g/mol. The minimum Gasteiger partial charge on any atom is -0.320 e. The van der Waals surface area contributed by atoms with Crippen LogP contribution in [0.5, 0.6) is 0 Å². The van der Waals surface area contributed by atoms with Gasteiger partial charge in [0, 0.05) is 0 Å². The third-order valence-corrected chi connectivity index (χ3v) is 5.01. The predicted octanol–water partition coefficient (Wildman–Crippen LogP) is 0.953. The van der Waals surface area contributed by atoms with Crippen LogP contribution in [0.1, 0.15) is 32.1 Å². The van der Waals surface area contributed by atoms with Crippen LogP contribution in [-0.4, -0.2) is 33.0 Å². The van der Waals surface area contributed by atoms with Gasteiger partial charge in [-0.3, -0.25) is 0 Å². The van der Waals surface area contributed by atoms with Crippen molar-refractivity contribution < 1.29 is 8.42 Å². The molecule has 1 rings (SSSR count). The maximum Gasteiger partial charge on any atom is 0.153 e. The minimum atomic E-state index is -2.77. The molecule has 1 N–H and O–H groups in total. The maximum atomic E-state index is 11.7. The minimum absolute atomic E-state index is 0.0237. The summed E-state index contributed by atoms with van der Waals surface area (Å²) in [7, 11) is -0.923. The second-order valence-electron chi connectivity index (χ2n) is 3.73. The lowest BCUT2D eigenvalue weighted by Crippen LogP contribution is -2.23. The molecule has 0 saturated heterocycles. The molecule has 1 aliphatic rings. The lowest BCUT2D eigenvalue weighted by Gasteiger charge is -2.10. The molecule has 0 aromatic carbocycles. The summed E-state index contributed by atoms with van der Waals surface area (Å²) in [5.41, 5.74) is 0. The van der Waals surface area contributed by atoms with Crippen LogP contribution in [0, 0.1) is 0 Å². The smallest absolute Gasteiger partial charge is 0.153 e. The van der Waals surface area contributed by atoms with E-state index in [1.807, 2.05) is 7.05 Å². The van der Waals surface area contributed by atoms with E-state index in [4.69, 9.17) is 0 Å². The first kappa shape index (κ1) is 11.0. The van der Waals surface area contributed by atoms with Crippen molar-refractivity contribution in [1.82, 2.24) is 5.32 Å². The maximum absolute atomic E-state index is 11.7. The van der Waals surface area contributed by atoms with Gasteiger partial charge < -0.3 is 5.32 Å². The molecule has 1 aliphatic carbocycles. The van der Waals surface area contributed by atoms with Gasteiger partial charge in [0.15, 0.2) is 9.84 Å². The molecule has 0 unspecified atom stereocenters. The fourth-order valence-electron chi connectivity index (χ4n) is 1.86. The van der Waals surface area contributed by atoms with Gasteiger partial charge in [-0.15, -0.1) is 0 Å². The van der Waals surface area contributed by atoms with E-state index in [0.29, 0.717) is 5.75 Å². The highest BCUT2D eigenvalue weighted by Crippen LogP contribution is 2.25. The Balaban J connectivity index is 2.36. The zero-order valence-electron chi connectivity index (χ0n) is 8.25. The molecule has 0 aromatic rings. The summed E-state index contributed by atoms with van der Waals surface area (Å²) in [5, 5.41) is 2.94. The van der Waals surface area contributed by atoms with Crippen molar-refractivity contribution in [1.29, 1.82) is 0 Å². The average Bonchev–Trinajstić information content (AvgIpc) is 2.56. The Morgan fingerprint density at radius 2 is 1.92 bits per heavy atom. The summed E-state index contributed by atoms with van der Waals surface area (Å²) < 4.78 is 23.4. The van der Waals surface area contributed by atoms with Gasteiger partial charge in [-0.05, 0) is 32.9 Å². The van der Waals surface area contributed by atoms with Gasteiger partial charge in [-0.2, -0.15) is 0 Å². The number of sulfone groups is 1. The van der Waals surface area contributed by atoms with Crippen molar-refractivity contribution in [2.24, 2.45) is 0 Å². The number of hydrogen-bond donors (Lipinski definition) is 1. The monoisotopic (exact) mass is 205 g/mol. The zero-order valence-corrected chi connectivity index (χ0v) is 9.07. The standard InChI is InChI=1S/C9H19NO2S/c1-10-7-4-8-13(11,12)9-5-2-3-6-9/h9-10H,2-8H2,1H3. The molecule has 0 amide bonds. The molecule has 0 spiro atoms. The van der Waals surface area contributed by atoms with Crippen LogP contribution in [0.4, 0.5) is 0 Å². The highest BCUT2D eigenvalue weighted by molar-refractivity contribution is 7.92. The predicted molar refractivity (Wildman–Crippen MR) is 54.6 cm³/mol. The van der Waals surface area contributed by atoms with E-state index < -0.39 is 9.84 Å². The van der Waals surface area contributed by atoms with Crippen molar-refractivity contribution in [3.8, 4) is 0 Å². The fourth-order valence-corrected chi connectivity index (χ4v) is 3.80. The van der Waals surface area contributed by atoms with Crippen molar-refractivity contribution in [3.05, 3.63) is 0 Å². The second kappa shape index (κ2) is 4.96. The van der Waals surface area contributed by atoms with Gasteiger partial charge in [0.25, 0.3) is 0 Å². The first-order valence-electron chi connectivity index (χ1n) is 5.03. The molecule has 0 heterocycles. The topological polar surface area (TPSA) is 46.2 Å². The summed E-state index contributed by atoms with van der Waals surface area (Å²) in [4.78, 5) is 0. The SMILES string of the molecule is CNCCCS(=O)(=O)C1CCCC1. The quantitative estimate of drug-likeness (QED) is 0.680. The third-order valence-electron chi connectivity index (χ3n) is 2.67. The lowest BCUT2D eigenvalue weighted by atomic mass is 10.4. The van der Waals surface area contributed by atoms with Crippen LogP contribution in [0.2, 0.25) is 0 Å². The van der Waals surface area contributed by atoms with Crippen LogP contribution < -0.4 is 5.32 Å². The normalized spacial score (nSPS) is 19.5. The van der Waals surface area contributed by atoms with Gasteiger partial charge in [0.1, 0.15) is 0 Å². The lowest BCUT2D eigenvalue weighted by molar-refractivity contribution is 0.575. The number of rotatable bonds is 5. The van der Waals surface area contributed by atoms with Crippen molar-refractivity contribution in [2.75, 3.05) is 19.3 Å². The summed E-state index contributed by atoms with van der Waals surface area (Å²) in [6.45, 7) is 0.798. The molecule has 1 fully saturated rings. The van der Waals surface area contributed by atoms with Gasteiger partial charge in [0.05, 0.1) is 11.0 Å². The molecule has 0 atom stereocenters. The molecule has 3 nitrogen and oxygen atoms in total. The zero-order chi connectivity index (χ0) is 9.73. The van der Waals surface area contributed by atoms with Crippen molar-refractivity contribution in [2.45, 2.75) is 37.4 Å². The van der Waals surface area contributed by atoms with Gasteiger partial charge >= 0.3 is 0 Å². The Labute approximate surface area is 80.8 Å². The van der Waals surface area contributed by atoms with Gasteiger partial charge in [-0.25, -0.2) is 8.42 Å². The van der Waals surface area contributed by atoms with E-state index in [2.05, 4.69) is 5.32 Å². The van der Waals surface area contributed by atoms with Crippen molar-refractivity contribution >= 4 is 9.84 Å². The first-order valence-corrected chi connectivity index (χ1v) is 6.74.